The van der Waals surface area contributed by atoms with Crippen LogP contribution < -0.4 is 10.1 Å². The number of fused-ring (bicyclic) bond motifs is 1. The van der Waals surface area contributed by atoms with E-state index in [0.717, 1.165) is 30.6 Å². The van der Waals surface area contributed by atoms with E-state index in [0.29, 0.717) is 29.5 Å². The van der Waals surface area contributed by atoms with E-state index in [2.05, 4.69) is 20.3 Å². The maximum absolute atomic E-state index is 10.1. The summed E-state index contributed by atoms with van der Waals surface area (Å²) in [5.41, 5.74) is 2.24. The van der Waals surface area contributed by atoms with Crippen LogP contribution in [-0.4, -0.2) is 37.6 Å². The molecule has 3 rings (SSSR count). The van der Waals surface area contributed by atoms with Crippen LogP contribution in [0.3, 0.4) is 0 Å². The van der Waals surface area contributed by atoms with Crippen molar-refractivity contribution < 1.29 is 9.84 Å². The summed E-state index contributed by atoms with van der Waals surface area (Å²) >= 11 is 5.73. The lowest BCUT2D eigenvalue weighted by molar-refractivity contribution is 0.406. The van der Waals surface area contributed by atoms with Gasteiger partial charge in [0.25, 0.3) is 0 Å². The number of hydrogen-bond donors (Lipinski definition) is 2. The van der Waals surface area contributed by atoms with Crippen molar-refractivity contribution >= 4 is 28.6 Å². The summed E-state index contributed by atoms with van der Waals surface area (Å²) in [5.74, 6) is 2.07. The Kier molecular flexibility index (Phi) is 5.55. The van der Waals surface area contributed by atoms with E-state index in [1.54, 1.807) is 25.6 Å². The molecular formula is C17H20ClN5O2. The van der Waals surface area contributed by atoms with E-state index in [9.17, 15) is 5.11 Å². The maximum Gasteiger partial charge on any atom is 0.165 e. The molecule has 2 heterocycles. The summed E-state index contributed by atoms with van der Waals surface area (Å²) < 4.78 is 7.09. The van der Waals surface area contributed by atoms with Crippen LogP contribution in [0.25, 0.3) is 11.2 Å². The standard InChI is InChI=1S/C17H20ClN5O2/c1-25-13-5-4-12(14(24)8-13)9-19-16-15-17(21-10-20-16)23(11-22-15)7-3-2-6-18/h4-5,8,10-11,24H,2-3,6-7,9H2,1H3,(H,19,20,21). The zero-order chi connectivity index (χ0) is 17.6. The highest BCUT2D eigenvalue weighted by Crippen LogP contribution is 2.25. The van der Waals surface area contributed by atoms with Crippen LogP contribution in [0.2, 0.25) is 0 Å². The number of phenols is 1. The second-order valence-electron chi connectivity index (χ2n) is 5.58. The number of imidazole rings is 1. The van der Waals surface area contributed by atoms with Gasteiger partial charge in [-0.05, 0) is 25.0 Å². The molecule has 0 atom stereocenters. The molecule has 0 aliphatic heterocycles. The summed E-state index contributed by atoms with van der Waals surface area (Å²) in [6.07, 6.45) is 5.21. The van der Waals surface area contributed by atoms with Gasteiger partial charge in [0, 0.05) is 30.6 Å². The highest BCUT2D eigenvalue weighted by atomic mass is 35.5. The van der Waals surface area contributed by atoms with Crippen LogP contribution in [0, 0.1) is 0 Å². The van der Waals surface area contributed by atoms with Crippen LogP contribution in [0.5, 0.6) is 11.5 Å². The van der Waals surface area contributed by atoms with Gasteiger partial charge in [0.2, 0.25) is 0 Å². The van der Waals surface area contributed by atoms with E-state index in [-0.39, 0.29) is 5.75 Å². The molecule has 0 aliphatic rings. The fraction of sp³-hybridized carbons (Fsp3) is 0.353. The number of aromatic hydroxyl groups is 1. The quantitative estimate of drug-likeness (QED) is 0.473. The molecule has 2 N–H and O–H groups in total. The second kappa shape index (κ2) is 8.02. The molecule has 1 aromatic carbocycles. The van der Waals surface area contributed by atoms with Gasteiger partial charge >= 0.3 is 0 Å². The summed E-state index contributed by atoms with van der Waals surface area (Å²) in [6, 6.07) is 5.19. The van der Waals surface area contributed by atoms with Gasteiger partial charge < -0.3 is 19.7 Å². The molecule has 132 valence electrons. The Morgan fingerprint density at radius 2 is 2.12 bits per heavy atom. The van der Waals surface area contributed by atoms with E-state index in [1.807, 2.05) is 10.6 Å². The Morgan fingerprint density at radius 1 is 1.24 bits per heavy atom. The number of hydrogen-bond acceptors (Lipinski definition) is 6. The molecule has 0 amide bonds. The zero-order valence-electron chi connectivity index (χ0n) is 13.9. The molecule has 0 saturated carbocycles. The zero-order valence-corrected chi connectivity index (χ0v) is 14.7. The minimum atomic E-state index is 0.170. The molecule has 7 nitrogen and oxygen atoms in total. The van der Waals surface area contributed by atoms with Gasteiger partial charge in [-0.3, -0.25) is 0 Å². The van der Waals surface area contributed by atoms with Gasteiger partial charge in [-0.25, -0.2) is 15.0 Å². The normalized spacial score (nSPS) is 11.0. The number of rotatable bonds is 8. The lowest BCUT2D eigenvalue weighted by Gasteiger charge is -2.09. The number of anilines is 1. The number of nitrogens with zero attached hydrogens (tertiary/aromatic N) is 4. The number of aromatic nitrogens is 4. The van der Waals surface area contributed by atoms with Crippen molar-refractivity contribution in [3.05, 3.63) is 36.4 Å². The van der Waals surface area contributed by atoms with Gasteiger partial charge in [0.05, 0.1) is 13.4 Å². The van der Waals surface area contributed by atoms with Crippen LogP contribution in [-0.2, 0) is 13.1 Å². The largest absolute Gasteiger partial charge is 0.507 e. The van der Waals surface area contributed by atoms with E-state index in [4.69, 9.17) is 16.3 Å². The third-order valence-electron chi connectivity index (χ3n) is 3.92. The Hall–Kier alpha value is -2.54. The highest BCUT2D eigenvalue weighted by Gasteiger charge is 2.11. The van der Waals surface area contributed by atoms with Crippen molar-refractivity contribution in [3.8, 4) is 11.5 Å². The minimum Gasteiger partial charge on any atom is -0.507 e. The molecule has 8 heteroatoms. The van der Waals surface area contributed by atoms with Gasteiger partial charge in [-0.1, -0.05) is 0 Å². The van der Waals surface area contributed by atoms with Crippen molar-refractivity contribution in [2.24, 2.45) is 0 Å². The summed E-state index contributed by atoms with van der Waals surface area (Å²) in [4.78, 5) is 13.0. The first-order valence-electron chi connectivity index (χ1n) is 8.04. The number of methoxy groups -OCH3 is 1. The lowest BCUT2D eigenvalue weighted by atomic mass is 10.2. The molecule has 0 unspecified atom stereocenters. The summed E-state index contributed by atoms with van der Waals surface area (Å²) in [7, 11) is 1.56. The van der Waals surface area contributed by atoms with Crippen LogP contribution in [0.4, 0.5) is 5.82 Å². The molecule has 3 aromatic rings. The molecule has 0 radical (unpaired) electrons. The van der Waals surface area contributed by atoms with Crippen LogP contribution in [0.1, 0.15) is 18.4 Å². The predicted octanol–water partition coefficient (Wildman–Crippen LogP) is 3.17. The molecule has 0 fully saturated rings. The van der Waals surface area contributed by atoms with Gasteiger partial charge in [0.15, 0.2) is 11.5 Å². The fourth-order valence-corrected chi connectivity index (χ4v) is 2.74. The first kappa shape index (κ1) is 17.3. The van der Waals surface area contributed by atoms with Gasteiger partial charge in [0.1, 0.15) is 23.3 Å². The highest BCUT2D eigenvalue weighted by molar-refractivity contribution is 6.17. The van der Waals surface area contributed by atoms with Gasteiger partial charge in [-0.15, -0.1) is 11.6 Å². The molecule has 0 aliphatic carbocycles. The second-order valence-corrected chi connectivity index (χ2v) is 5.95. The number of unbranched alkanes of at least 4 members (excludes halogenated alkanes) is 1. The number of halogens is 1. The average molecular weight is 362 g/mol. The number of benzene rings is 1. The van der Waals surface area contributed by atoms with Crippen LogP contribution in [0.15, 0.2) is 30.9 Å². The first-order valence-corrected chi connectivity index (χ1v) is 8.58. The summed E-state index contributed by atoms with van der Waals surface area (Å²) in [5, 5.41) is 13.3. The molecule has 2 aromatic heterocycles. The van der Waals surface area contributed by atoms with Crippen molar-refractivity contribution in [1.82, 2.24) is 19.5 Å². The Labute approximate surface area is 150 Å². The molecule has 25 heavy (non-hydrogen) atoms. The SMILES string of the molecule is COc1ccc(CNc2ncnc3c2ncn3CCCCCl)c(O)c1. The molecular weight excluding hydrogens is 342 g/mol. The number of alkyl halides is 1. The topological polar surface area (TPSA) is 85.1 Å². The molecule has 0 bridgehead atoms. The first-order chi connectivity index (χ1) is 12.2. The van der Waals surface area contributed by atoms with E-state index in [1.165, 1.54) is 6.33 Å². The Balaban J connectivity index is 1.75. The summed E-state index contributed by atoms with van der Waals surface area (Å²) in [6.45, 7) is 1.24. The molecule has 0 spiro atoms. The number of aryl methyl sites for hydroxylation is 1. The maximum atomic E-state index is 10.1. The lowest BCUT2D eigenvalue weighted by Crippen LogP contribution is -2.04. The number of ether oxygens (including phenoxy) is 1. The minimum absolute atomic E-state index is 0.170. The van der Waals surface area contributed by atoms with Crippen molar-refractivity contribution in [3.63, 3.8) is 0 Å². The fourth-order valence-electron chi connectivity index (χ4n) is 2.55. The average Bonchev–Trinajstić information content (AvgIpc) is 3.05. The third kappa shape index (κ3) is 3.93. The van der Waals surface area contributed by atoms with Crippen molar-refractivity contribution in [2.75, 3.05) is 18.3 Å². The van der Waals surface area contributed by atoms with E-state index >= 15 is 0 Å². The third-order valence-corrected chi connectivity index (χ3v) is 4.19. The Morgan fingerprint density at radius 3 is 2.88 bits per heavy atom. The van der Waals surface area contributed by atoms with Gasteiger partial charge in [-0.2, -0.15) is 0 Å². The molecule has 0 saturated heterocycles. The predicted molar refractivity (Wildman–Crippen MR) is 97.3 cm³/mol. The number of phenolic OH excluding ortho intramolecular Hbond substituents is 1. The smallest absolute Gasteiger partial charge is 0.165 e. The van der Waals surface area contributed by atoms with Crippen molar-refractivity contribution in [1.29, 1.82) is 0 Å². The van der Waals surface area contributed by atoms with Crippen molar-refractivity contribution in [2.45, 2.75) is 25.9 Å². The monoisotopic (exact) mass is 361 g/mol. The number of nitrogens with one attached hydrogen (secondary N) is 1. The van der Waals surface area contributed by atoms with Crippen LogP contribution >= 0.6 is 11.6 Å². The Bertz CT molecular complexity index is 852. The van der Waals surface area contributed by atoms with E-state index < -0.39 is 0 Å².